The lowest BCUT2D eigenvalue weighted by atomic mass is 10.0. The van der Waals surface area contributed by atoms with Crippen LogP contribution >= 0.6 is 11.7 Å². The zero-order valence-corrected chi connectivity index (χ0v) is 26.9. The molecule has 0 unspecified atom stereocenters. The number of nitrogens with zero attached hydrogens (tertiary/aromatic N) is 6. The molecule has 2 aromatic heterocycles. The minimum atomic E-state index is -5.08. The summed E-state index contributed by atoms with van der Waals surface area (Å²) in [5, 5.41) is 10.2. The summed E-state index contributed by atoms with van der Waals surface area (Å²) >= 11 is 1.22. The number of halogens is 4. The highest BCUT2D eigenvalue weighted by molar-refractivity contribution is 7.89. The van der Waals surface area contributed by atoms with Gasteiger partial charge in [-0.1, -0.05) is 6.07 Å². The van der Waals surface area contributed by atoms with Crippen molar-refractivity contribution in [2.75, 3.05) is 25.5 Å². The Hall–Kier alpha value is -4.58. The summed E-state index contributed by atoms with van der Waals surface area (Å²) in [5.74, 6) is -2.71. The quantitative estimate of drug-likeness (QED) is 0.186. The Balaban J connectivity index is 0.000000582. The van der Waals surface area contributed by atoms with E-state index in [1.165, 1.54) is 29.4 Å². The van der Waals surface area contributed by atoms with E-state index in [0.717, 1.165) is 36.0 Å². The molecule has 0 amide bonds. The van der Waals surface area contributed by atoms with Crippen LogP contribution in [-0.4, -0.2) is 79.8 Å². The van der Waals surface area contributed by atoms with Crippen molar-refractivity contribution < 1.29 is 35.9 Å². The summed E-state index contributed by atoms with van der Waals surface area (Å²) in [5.41, 5.74) is 5.06. The number of alkyl halides is 3. The smallest absolute Gasteiger partial charge is 0.475 e. The van der Waals surface area contributed by atoms with Gasteiger partial charge in [-0.05, 0) is 92.2 Å². The molecule has 17 heteroatoms. The zero-order chi connectivity index (χ0) is 34.5. The lowest BCUT2D eigenvalue weighted by molar-refractivity contribution is -0.192. The Kier molecular flexibility index (Phi) is 10.6. The first-order valence-corrected chi connectivity index (χ1v) is 16.6. The highest BCUT2D eigenvalue weighted by Crippen LogP contribution is 2.26. The molecule has 0 saturated carbocycles. The van der Waals surface area contributed by atoms with Crippen molar-refractivity contribution in [1.82, 2.24) is 27.9 Å². The Labute approximate surface area is 277 Å². The molecule has 1 aliphatic rings. The molecule has 2 N–H and O–H groups in total. The molecule has 1 fully saturated rings. The van der Waals surface area contributed by atoms with Gasteiger partial charge in [0.15, 0.2) is 0 Å². The molecular formula is C31H29F4N7O4S2. The maximum atomic E-state index is 13.4. The number of aromatic nitrogens is 4. The third-order valence-corrected chi connectivity index (χ3v) is 10.1. The largest absolute Gasteiger partial charge is 0.490 e. The van der Waals surface area contributed by atoms with Crippen LogP contribution in [0.5, 0.6) is 0 Å². The van der Waals surface area contributed by atoms with Crippen molar-refractivity contribution in [3.8, 4) is 11.3 Å². The van der Waals surface area contributed by atoms with Gasteiger partial charge in [0.1, 0.15) is 16.9 Å². The summed E-state index contributed by atoms with van der Waals surface area (Å²) < 4.78 is 81.9. The van der Waals surface area contributed by atoms with Crippen LogP contribution in [0.2, 0.25) is 0 Å². The molecule has 3 heterocycles. The molecule has 0 bridgehead atoms. The molecule has 0 spiro atoms. The molecule has 48 heavy (non-hydrogen) atoms. The summed E-state index contributed by atoms with van der Waals surface area (Å²) in [6.45, 7) is 1.71. The summed E-state index contributed by atoms with van der Waals surface area (Å²) in [4.78, 5) is 20.2. The third-order valence-electron chi connectivity index (χ3n) is 7.58. The summed E-state index contributed by atoms with van der Waals surface area (Å²) in [6, 6.07) is 20.9. The Morgan fingerprint density at radius 1 is 1.00 bits per heavy atom. The Morgan fingerprint density at radius 3 is 2.29 bits per heavy atom. The number of aliphatic carboxylic acids is 1. The van der Waals surface area contributed by atoms with Gasteiger partial charge in [0, 0.05) is 43.1 Å². The van der Waals surface area contributed by atoms with Crippen molar-refractivity contribution in [3.05, 3.63) is 90.4 Å². The average molecular weight is 704 g/mol. The number of fused-ring (bicyclic) bond motifs is 1. The first kappa shape index (κ1) is 34.7. The maximum absolute atomic E-state index is 13.4. The average Bonchev–Trinajstić information content (AvgIpc) is 3.53. The van der Waals surface area contributed by atoms with E-state index in [2.05, 4.69) is 48.1 Å². The van der Waals surface area contributed by atoms with E-state index >= 15 is 0 Å². The fourth-order valence-corrected chi connectivity index (χ4v) is 7.04. The van der Waals surface area contributed by atoms with Gasteiger partial charge in [0.2, 0.25) is 16.0 Å². The number of benzene rings is 3. The fourth-order valence-electron chi connectivity index (χ4n) is 5.06. The maximum Gasteiger partial charge on any atom is 0.490 e. The first-order valence-electron chi connectivity index (χ1n) is 14.5. The predicted octanol–water partition coefficient (Wildman–Crippen LogP) is 5.95. The van der Waals surface area contributed by atoms with E-state index in [0.29, 0.717) is 36.5 Å². The van der Waals surface area contributed by atoms with Gasteiger partial charge in [-0.15, -0.1) is 0 Å². The predicted molar refractivity (Wildman–Crippen MR) is 172 cm³/mol. The van der Waals surface area contributed by atoms with Gasteiger partial charge in [-0.3, -0.25) is 4.90 Å². The molecule has 252 valence electrons. The van der Waals surface area contributed by atoms with Crippen LogP contribution in [0.3, 0.4) is 0 Å². The highest BCUT2D eigenvalue weighted by atomic mass is 32.2. The second-order valence-electron chi connectivity index (χ2n) is 10.9. The molecule has 0 radical (unpaired) electrons. The number of hydrogen-bond acceptors (Lipinski definition) is 10. The Bertz CT molecular complexity index is 1970. The van der Waals surface area contributed by atoms with Crippen LogP contribution < -0.4 is 5.32 Å². The number of carboxylic acids is 1. The second kappa shape index (κ2) is 14.7. The van der Waals surface area contributed by atoms with Gasteiger partial charge in [0.25, 0.3) is 0 Å². The molecule has 1 saturated heterocycles. The molecule has 0 aliphatic carbocycles. The SMILES string of the molecule is CN(Cc1ccc2nsnc2c1)C1CCN(S(=O)(=O)c2ccc(Nc3nccc(-c4ccc(F)cc4)n3)cc2)CC1.O=C(O)C(F)(F)F. The van der Waals surface area contributed by atoms with Crippen LogP contribution in [-0.2, 0) is 21.4 Å². The van der Waals surface area contributed by atoms with Crippen molar-refractivity contribution in [2.24, 2.45) is 0 Å². The second-order valence-corrected chi connectivity index (χ2v) is 13.3. The van der Waals surface area contributed by atoms with Crippen LogP contribution in [0, 0.1) is 5.82 Å². The van der Waals surface area contributed by atoms with E-state index < -0.39 is 22.2 Å². The number of carboxylic acid groups (broad SMARTS) is 1. The van der Waals surface area contributed by atoms with Gasteiger partial charge in [-0.2, -0.15) is 26.2 Å². The standard InChI is InChI=1S/C29H28FN7O2S2.C2HF3O2/c1-36(19-20-2-11-27-28(18-20)35-40-34-27)24-13-16-37(17-14-24)41(38,39)25-9-7-23(8-10-25)32-29-31-15-12-26(33-29)21-3-5-22(30)6-4-21;3-2(4,5)1(6)7/h2-12,15,18,24H,13-14,16-17,19H2,1H3,(H,31,32,33);(H,6,7). The number of anilines is 2. The van der Waals surface area contributed by atoms with Crippen LogP contribution in [0.15, 0.2) is 83.9 Å². The highest BCUT2D eigenvalue weighted by Gasteiger charge is 2.38. The van der Waals surface area contributed by atoms with E-state index in [1.54, 1.807) is 53.0 Å². The number of carbonyl (C=O) groups is 1. The molecule has 5 aromatic rings. The van der Waals surface area contributed by atoms with Crippen molar-refractivity contribution >= 4 is 50.4 Å². The number of rotatable bonds is 8. The van der Waals surface area contributed by atoms with Gasteiger partial charge >= 0.3 is 12.1 Å². The van der Waals surface area contributed by atoms with Crippen molar-refractivity contribution in [2.45, 2.75) is 36.5 Å². The molecule has 6 rings (SSSR count). The van der Waals surface area contributed by atoms with Crippen molar-refractivity contribution in [3.63, 3.8) is 0 Å². The minimum Gasteiger partial charge on any atom is -0.475 e. The third kappa shape index (κ3) is 8.66. The minimum absolute atomic E-state index is 0.251. The monoisotopic (exact) mass is 703 g/mol. The summed E-state index contributed by atoms with van der Waals surface area (Å²) in [6.07, 6.45) is -1.94. The molecular weight excluding hydrogens is 675 g/mol. The van der Waals surface area contributed by atoms with Crippen LogP contribution in [0.1, 0.15) is 18.4 Å². The van der Waals surface area contributed by atoms with E-state index in [4.69, 9.17) is 9.90 Å². The van der Waals surface area contributed by atoms with E-state index in [9.17, 15) is 26.0 Å². The lowest BCUT2D eigenvalue weighted by Crippen LogP contribution is -2.45. The van der Waals surface area contributed by atoms with E-state index in [-0.39, 0.29) is 10.7 Å². The van der Waals surface area contributed by atoms with E-state index in [1.807, 2.05) is 6.07 Å². The number of hydrogen-bond donors (Lipinski definition) is 2. The number of sulfonamides is 1. The van der Waals surface area contributed by atoms with Crippen molar-refractivity contribution in [1.29, 1.82) is 0 Å². The molecule has 11 nitrogen and oxygen atoms in total. The molecule has 0 atom stereocenters. The zero-order valence-electron chi connectivity index (χ0n) is 25.3. The van der Waals surface area contributed by atoms with Gasteiger partial charge < -0.3 is 10.4 Å². The van der Waals surface area contributed by atoms with Gasteiger partial charge in [-0.25, -0.2) is 27.6 Å². The van der Waals surface area contributed by atoms with Crippen LogP contribution in [0.4, 0.5) is 29.2 Å². The summed E-state index contributed by atoms with van der Waals surface area (Å²) in [7, 11) is -1.53. The lowest BCUT2D eigenvalue weighted by Gasteiger charge is -2.36. The Morgan fingerprint density at radius 2 is 1.65 bits per heavy atom. The first-order chi connectivity index (χ1) is 22.8. The molecule has 1 aliphatic heterocycles. The topological polar surface area (TPSA) is 142 Å². The van der Waals surface area contributed by atoms with Gasteiger partial charge in [0.05, 0.1) is 22.3 Å². The fraction of sp³-hybridized carbons (Fsp3) is 0.258. The number of piperidine rings is 1. The normalized spacial score (nSPS) is 14.5. The molecule has 3 aromatic carbocycles. The number of nitrogens with one attached hydrogen (secondary N) is 1. The van der Waals surface area contributed by atoms with Crippen LogP contribution in [0.25, 0.3) is 22.3 Å².